The van der Waals surface area contributed by atoms with Gasteiger partial charge in [0.15, 0.2) is 0 Å². The van der Waals surface area contributed by atoms with Gasteiger partial charge in [-0.3, -0.25) is 0 Å². The van der Waals surface area contributed by atoms with Gasteiger partial charge in [0.2, 0.25) is 0 Å². The van der Waals surface area contributed by atoms with Crippen LogP contribution in [0.4, 0.5) is 5.82 Å². The van der Waals surface area contributed by atoms with Gasteiger partial charge in [0.25, 0.3) is 0 Å². The van der Waals surface area contributed by atoms with Crippen LogP contribution in [0.1, 0.15) is 5.56 Å². The highest BCUT2D eigenvalue weighted by molar-refractivity contribution is 7.98. The van der Waals surface area contributed by atoms with Crippen molar-refractivity contribution in [1.82, 2.24) is 4.98 Å². The average Bonchev–Trinajstić information content (AvgIpc) is 2.32. The van der Waals surface area contributed by atoms with E-state index in [9.17, 15) is 0 Å². The number of nitrogens with two attached hydrogens (primary N) is 1. The molecule has 0 aliphatic heterocycles. The summed E-state index contributed by atoms with van der Waals surface area (Å²) in [6.07, 6.45) is 1.68. The molecule has 0 atom stereocenters. The molecule has 0 unspecified atom stereocenters. The minimum atomic E-state index is 0.566. The summed E-state index contributed by atoms with van der Waals surface area (Å²) in [6, 6.07) is 9.42. The van der Waals surface area contributed by atoms with Gasteiger partial charge in [-0.05, 0) is 24.3 Å². The molecule has 0 saturated heterocycles. The first kappa shape index (κ1) is 12.6. The van der Waals surface area contributed by atoms with Crippen LogP contribution in [-0.2, 0) is 5.75 Å². The molecule has 2 aromatic rings. The molecule has 1 heterocycles. The highest BCUT2D eigenvalue weighted by Gasteiger charge is 2.03. The first-order chi connectivity index (χ1) is 8.16. The van der Waals surface area contributed by atoms with Crippen molar-refractivity contribution < 1.29 is 0 Å². The van der Waals surface area contributed by atoms with Crippen LogP contribution in [0.2, 0.25) is 10.0 Å². The Morgan fingerprint density at radius 2 is 2.00 bits per heavy atom. The first-order valence-electron chi connectivity index (χ1n) is 4.94. The van der Waals surface area contributed by atoms with Crippen LogP contribution in [0.25, 0.3) is 0 Å². The number of halogens is 2. The Morgan fingerprint density at radius 1 is 1.18 bits per heavy atom. The second kappa shape index (κ2) is 5.63. The molecule has 1 aromatic carbocycles. The largest absolute Gasteiger partial charge is 0.383 e. The van der Waals surface area contributed by atoms with Crippen molar-refractivity contribution in [3.8, 4) is 0 Å². The van der Waals surface area contributed by atoms with Crippen molar-refractivity contribution >= 4 is 40.8 Å². The van der Waals surface area contributed by atoms with E-state index in [4.69, 9.17) is 28.9 Å². The standard InChI is InChI=1S/C12H10Cl2N2S/c13-10-4-3-9(6-11(10)14)17-7-8-2-1-5-16-12(8)15/h1-6H,7H2,(H2,15,16). The smallest absolute Gasteiger partial charge is 0.127 e. The average molecular weight is 285 g/mol. The molecule has 0 aliphatic carbocycles. The number of nitrogen functional groups attached to an aromatic ring is 1. The number of hydrogen-bond acceptors (Lipinski definition) is 3. The molecule has 2 N–H and O–H groups in total. The SMILES string of the molecule is Nc1ncccc1CSc1ccc(Cl)c(Cl)c1. The summed E-state index contributed by atoms with van der Waals surface area (Å²) in [5, 5.41) is 1.13. The van der Waals surface area contributed by atoms with Gasteiger partial charge in [-0.1, -0.05) is 29.3 Å². The highest BCUT2D eigenvalue weighted by atomic mass is 35.5. The predicted molar refractivity (Wildman–Crippen MR) is 74.7 cm³/mol. The quantitative estimate of drug-likeness (QED) is 0.856. The fourth-order valence-corrected chi connectivity index (χ4v) is 2.60. The fourth-order valence-electron chi connectivity index (χ4n) is 1.30. The number of thioether (sulfide) groups is 1. The van der Waals surface area contributed by atoms with Crippen LogP contribution in [0.3, 0.4) is 0 Å². The number of rotatable bonds is 3. The van der Waals surface area contributed by atoms with Gasteiger partial charge in [-0.2, -0.15) is 0 Å². The summed E-state index contributed by atoms with van der Waals surface area (Å²) in [5.41, 5.74) is 6.78. The molecule has 0 aliphatic rings. The Bertz CT molecular complexity index is 532. The summed E-state index contributed by atoms with van der Waals surface area (Å²) >= 11 is 13.4. The molecule has 17 heavy (non-hydrogen) atoms. The summed E-state index contributed by atoms with van der Waals surface area (Å²) in [5.74, 6) is 1.33. The third-order valence-electron chi connectivity index (χ3n) is 2.21. The molecule has 1 aromatic heterocycles. The van der Waals surface area contributed by atoms with Crippen molar-refractivity contribution in [2.45, 2.75) is 10.6 Å². The monoisotopic (exact) mass is 284 g/mol. The lowest BCUT2D eigenvalue weighted by Crippen LogP contribution is -1.95. The molecular formula is C12H10Cl2N2S. The van der Waals surface area contributed by atoms with Crippen LogP contribution in [0, 0.1) is 0 Å². The van der Waals surface area contributed by atoms with E-state index < -0.39 is 0 Å². The molecule has 0 fully saturated rings. The number of aromatic nitrogens is 1. The predicted octanol–water partition coefficient (Wildman–Crippen LogP) is 4.26. The van der Waals surface area contributed by atoms with Crippen molar-refractivity contribution in [3.63, 3.8) is 0 Å². The van der Waals surface area contributed by atoms with E-state index in [0.29, 0.717) is 15.9 Å². The van der Waals surface area contributed by atoms with Crippen LogP contribution in [0.5, 0.6) is 0 Å². The Kier molecular flexibility index (Phi) is 4.15. The van der Waals surface area contributed by atoms with Crippen LogP contribution in [0.15, 0.2) is 41.4 Å². The van der Waals surface area contributed by atoms with Gasteiger partial charge in [0.1, 0.15) is 5.82 Å². The molecule has 0 bridgehead atoms. The number of benzene rings is 1. The van der Waals surface area contributed by atoms with E-state index in [1.54, 1.807) is 24.0 Å². The third kappa shape index (κ3) is 3.28. The Labute approximate surface area is 114 Å². The topological polar surface area (TPSA) is 38.9 Å². The maximum Gasteiger partial charge on any atom is 0.127 e. The molecular weight excluding hydrogens is 275 g/mol. The Balaban J connectivity index is 2.08. The van der Waals surface area contributed by atoms with Gasteiger partial charge in [-0.25, -0.2) is 4.98 Å². The number of pyridine rings is 1. The van der Waals surface area contributed by atoms with Gasteiger partial charge in [-0.15, -0.1) is 11.8 Å². The second-order valence-corrected chi connectivity index (χ2v) is 5.28. The van der Waals surface area contributed by atoms with Crippen molar-refractivity contribution in [2.75, 3.05) is 5.73 Å². The third-order valence-corrected chi connectivity index (χ3v) is 3.99. The maximum atomic E-state index is 5.94. The molecule has 0 radical (unpaired) electrons. The normalized spacial score (nSPS) is 10.5. The van der Waals surface area contributed by atoms with E-state index in [-0.39, 0.29) is 0 Å². The minimum absolute atomic E-state index is 0.566. The molecule has 5 heteroatoms. The molecule has 0 saturated carbocycles. The van der Waals surface area contributed by atoms with Gasteiger partial charge >= 0.3 is 0 Å². The first-order valence-corrected chi connectivity index (χ1v) is 6.68. The number of hydrogen-bond donors (Lipinski definition) is 1. The molecule has 0 spiro atoms. The van der Waals surface area contributed by atoms with E-state index in [0.717, 1.165) is 16.2 Å². The second-order valence-electron chi connectivity index (χ2n) is 3.41. The van der Waals surface area contributed by atoms with Crippen molar-refractivity contribution in [1.29, 1.82) is 0 Å². The van der Waals surface area contributed by atoms with Gasteiger partial charge in [0, 0.05) is 22.4 Å². The van der Waals surface area contributed by atoms with E-state index >= 15 is 0 Å². The molecule has 0 amide bonds. The molecule has 2 rings (SSSR count). The van der Waals surface area contributed by atoms with Crippen LogP contribution >= 0.6 is 35.0 Å². The van der Waals surface area contributed by atoms with E-state index in [2.05, 4.69) is 4.98 Å². The van der Waals surface area contributed by atoms with Gasteiger partial charge < -0.3 is 5.73 Å². The zero-order valence-corrected chi connectivity index (χ0v) is 11.2. The fraction of sp³-hybridized carbons (Fsp3) is 0.0833. The van der Waals surface area contributed by atoms with Gasteiger partial charge in [0.05, 0.1) is 10.0 Å². The minimum Gasteiger partial charge on any atom is -0.383 e. The van der Waals surface area contributed by atoms with E-state index in [1.165, 1.54) is 0 Å². The number of nitrogens with zero attached hydrogens (tertiary/aromatic N) is 1. The summed E-state index contributed by atoms with van der Waals surface area (Å²) < 4.78 is 0. The lowest BCUT2D eigenvalue weighted by molar-refractivity contribution is 1.26. The summed E-state index contributed by atoms with van der Waals surface area (Å²) in [7, 11) is 0. The lowest BCUT2D eigenvalue weighted by atomic mass is 10.3. The zero-order valence-electron chi connectivity index (χ0n) is 8.86. The Morgan fingerprint density at radius 3 is 2.71 bits per heavy atom. The van der Waals surface area contributed by atoms with E-state index in [1.807, 2.05) is 24.3 Å². The molecule has 88 valence electrons. The zero-order chi connectivity index (χ0) is 12.3. The van der Waals surface area contributed by atoms with Crippen LogP contribution < -0.4 is 5.73 Å². The van der Waals surface area contributed by atoms with Crippen molar-refractivity contribution in [2.24, 2.45) is 0 Å². The maximum absolute atomic E-state index is 5.94. The molecule has 2 nitrogen and oxygen atoms in total. The summed E-state index contributed by atoms with van der Waals surface area (Å²) in [6.45, 7) is 0. The van der Waals surface area contributed by atoms with Crippen LogP contribution in [-0.4, -0.2) is 4.98 Å². The summed E-state index contributed by atoms with van der Waals surface area (Å²) in [4.78, 5) is 5.10. The van der Waals surface area contributed by atoms with Crippen molar-refractivity contribution in [3.05, 3.63) is 52.1 Å². The highest BCUT2D eigenvalue weighted by Crippen LogP contribution is 2.30. The number of anilines is 1. The Hall–Kier alpha value is -0.900. The lowest BCUT2D eigenvalue weighted by Gasteiger charge is -2.05.